The number of benzene rings is 1. The molecule has 0 N–H and O–H groups in total. The van der Waals surface area contributed by atoms with Crippen LogP contribution in [0.1, 0.15) is 37.0 Å². The molecule has 0 saturated heterocycles. The summed E-state index contributed by atoms with van der Waals surface area (Å²) in [5.41, 5.74) is 0.887. The van der Waals surface area contributed by atoms with Crippen LogP contribution in [-0.4, -0.2) is 5.78 Å². The van der Waals surface area contributed by atoms with Crippen molar-refractivity contribution in [3.05, 3.63) is 34.2 Å². The van der Waals surface area contributed by atoms with Crippen molar-refractivity contribution in [1.29, 1.82) is 0 Å². The van der Waals surface area contributed by atoms with Gasteiger partial charge < -0.3 is 0 Å². The minimum absolute atomic E-state index is 0.0758. The van der Waals surface area contributed by atoms with Gasteiger partial charge in [-0.15, -0.1) is 0 Å². The number of ketones is 1. The zero-order valence-corrected chi connectivity index (χ0v) is 9.29. The first-order chi connectivity index (χ1) is 7.20. The summed E-state index contributed by atoms with van der Waals surface area (Å²) in [5.74, 6) is 0.324. The van der Waals surface area contributed by atoms with Crippen molar-refractivity contribution in [2.45, 2.75) is 26.7 Å². The van der Waals surface area contributed by atoms with E-state index in [1.807, 2.05) is 26.0 Å². The largest absolute Gasteiger partial charge is 0.294 e. The Morgan fingerprint density at radius 1 is 1.20 bits per heavy atom. The molecule has 2 rings (SSSR count). The second kappa shape index (κ2) is 4.01. The summed E-state index contributed by atoms with van der Waals surface area (Å²) in [6.07, 6.45) is 6.54. The summed E-state index contributed by atoms with van der Waals surface area (Å²) < 4.78 is 0. The highest BCUT2D eigenvalue weighted by Crippen LogP contribution is 2.04. The molecule has 0 radical (unpaired) electrons. The van der Waals surface area contributed by atoms with Gasteiger partial charge in [0.15, 0.2) is 5.78 Å². The summed E-state index contributed by atoms with van der Waals surface area (Å²) in [6.45, 7) is 3.91. The lowest BCUT2D eigenvalue weighted by molar-refractivity contribution is 0.0938. The van der Waals surface area contributed by atoms with Crippen molar-refractivity contribution in [1.82, 2.24) is 0 Å². The van der Waals surface area contributed by atoms with Gasteiger partial charge in [0.25, 0.3) is 0 Å². The lowest BCUT2D eigenvalue weighted by Crippen LogP contribution is -2.33. The Bertz CT molecular complexity index is 495. The lowest BCUT2D eigenvalue weighted by atomic mass is 9.95. The normalized spacial score (nSPS) is 14.1. The highest BCUT2D eigenvalue weighted by atomic mass is 16.1. The molecular formula is C14H16O. The molecule has 1 aromatic rings. The van der Waals surface area contributed by atoms with Crippen molar-refractivity contribution in [2.24, 2.45) is 5.92 Å². The minimum atomic E-state index is 0.0758. The predicted octanol–water partition coefficient (Wildman–Crippen LogP) is 1.88. The molecule has 0 aromatic heterocycles. The van der Waals surface area contributed by atoms with E-state index in [9.17, 15) is 4.79 Å². The van der Waals surface area contributed by atoms with Gasteiger partial charge in [-0.2, -0.15) is 0 Å². The first-order valence-corrected chi connectivity index (χ1v) is 5.54. The van der Waals surface area contributed by atoms with E-state index >= 15 is 0 Å². The van der Waals surface area contributed by atoms with E-state index in [1.54, 1.807) is 0 Å². The van der Waals surface area contributed by atoms with Crippen LogP contribution < -0.4 is 10.4 Å². The zero-order chi connectivity index (χ0) is 10.8. The fraction of sp³-hybridized carbons (Fsp3) is 0.357. The Labute approximate surface area is 90.1 Å². The van der Waals surface area contributed by atoms with Crippen molar-refractivity contribution in [3.8, 4) is 0 Å². The number of hydrogen-bond donors (Lipinski definition) is 0. The summed E-state index contributed by atoms with van der Waals surface area (Å²) in [4.78, 5) is 12.0. The van der Waals surface area contributed by atoms with E-state index in [2.05, 4.69) is 18.2 Å². The molecule has 15 heavy (non-hydrogen) atoms. The predicted molar refractivity (Wildman–Crippen MR) is 63.0 cm³/mol. The van der Waals surface area contributed by atoms with Gasteiger partial charge in [-0.05, 0) is 23.3 Å². The number of rotatable bonds is 2. The van der Waals surface area contributed by atoms with E-state index in [-0.39, 0.29) is 11.7 Å². The van der Waals surface area contributed by atoms with Gasteiger partial charge in [-0.3, -0.25) is 4.79 Å². The Balaban J connectivity index is 2.65. The van der Waals surface area contributed by atoms with Crippen molar-refractivity contribution < 1.29 is 4.79 Å². The fourth-order valence-electron chi connectivity index (χ4n) is 1.98. The molecule has 1 aromatic carbocycles. The van der Waals surface area contributed by atoms with Crippen molar-refractivity contribution in [2.75, 3.05) is 0 Å². The van der Waals surface area contributed by atoms with Gasteiger partial charge in [-0.1, -0.05) is 44.2 Å². The minimum Gasteiger partial charge on any atom is -0.294 e. The van der Waals surface area contributed by atoms with Crippen LogP contribution in [0.2, 0.25) is 0 Å². The second-order valence-electron chi connectivity index (χ2n) is 4.31. The summed E-state index contributed by atoms with van der Waals surface area (Å²) in [5, 5.41) is 2.36. The number of carbonyl (C=O) groups is 1. The molecular weight excluding hydrogens is 184 g/mol. The third-order valence-electron chi connectivity index (χ3n) is 2.81. The van der Waals surface area contributed by atoms with Crippen LogP contribution >= 0.6 is 0 Å². The van der Waals surface area contributed by atoms with E-state index < -0.39 is 0 Å². The number of Topliss-reactive ketones (excluding diaryl/α,β-unsaturated/α-hetero) is 1. The molecule has 0 heterocycles. The first kappa shape index (κ1) is 10.2. The van der Waals surface area contributed by atoms with E-state index in [1.165, 1.54) is 5.22 Å². The summed E-state index contributed by atoms with van der Waals surface area (Å²) in [6, 6.07) is 6.00. The highest BCUT2D eigenvalue weighted by Gasteiger charge is 2.12. The second-order valence-corrected chi connectivity index (χ2v) is 4.31. The monoisotopic (exact) mass is 200 g/mol. The Hall–Kier alpha value is -1.37. The van der Waals surface area contributed by atoms with Crippen LogP contribution in [0, 0.1) is 5.92 Å². The fourth-order valence-corrected chi connectivity index (χ4v) is 1.98. The average Bonchev–Trinajstić information content (AvgIpc) is 2.27. The SMILES string of the molecule is CC(C)C(=O)c1cccc2c1=CCCC=2. The smallest absolute Gasteiger partial charge is 0.165 e. The molecule has 0 atom stereocenters. The molecule has 1 aliphatic rings. The van der Waals surface area contributed by atoms with Crippen molar-refractivity contribution in [3.63, 3.8) is 0 Å². The molecule has 0 unspecified atom stereocenters. The molecule has 0 bridgehead atoms. The third kappa shape index (κ3) is 1.87. The van der Waals surface area contributed by atoms with Crippen molar-refractivity contribution >= 4 is 17.9 Å². The van der Waals surface area contributed by atoms with Crippen LogP contribution in [0.4, 0.5) is 0 Å². The molecule has 1 nitrogen and oxygen atoms in total. The maximum absolute atomic E-state index is 12.0. The Kier molecular flexibility index (Phi) is 2.72. The van der Waals surface area contributed by atoms with Crippen LogP contribution in [0.25, 0.3) is 12.2 Å². The van der Waals surface area contributed by atoms with Gasteiger partial charge in [0.05, 0.1) is 0 Å². The zero-order valence-electron chi connectivity index (χ0n) is 9.29. The third-order valence-corrected chi connectivity index (χ3v) is 2.81. The van der Waals surface area contributed by atoms with Crippen LogP contribution in [0.5, 0.6) is 0 Å². The van der Waals surface area contributed by atoms with E-state index in [0.717, 1.165) is 23.6 Å². The number of hydrogen-bond acceptors (Lipinski definition) is 1. The molecule has 78 valence electrons. The van der Waals surface area contributed by atoms with Crippen LogP contribution in [-0.2, 0) is 0 Å². The van der Waals surface area contributed by atoms with E-state index in [0.29, 0.717) is 0 Å². The molecule has 0 amide bonds. The molecule has 0 aliphatic heterocycles. The standard InChI is InChI=1S/C14H16O/c1-10(2)14(15)13-9-5-7-11-6-3-4-8-12(11)13/h5-10H,3-4H2,1-2H3. The van der Waals surface area contributed by atoms with E-state index in [4.69, 9.17) is 0 Å². The van der Waals surface area contributed by atoms with Gasteiger partial charge >= 0.3 is 0 Å². The Morgan fingerprint density at radius 2 is 1.93 bits per heavy atom. The maximum atomic E-state index is 12.0. The summed E-state index contributed by atoms with van der Waals surface area (Å²) in [7, 11) is 0. The molecule has 0 fully saturated rings. The lowest BCUT2D eigenvalue weighted by Gasteiger charge is -2.08. The average molecular weight is 200 g/mol. The summed E-state index contributed by atoms with van der Waals surface area (Å²) >= 11 is 0. The first-order valence-electron chi connectivity index (χ1n) is 5.54. The molecule has 0 spiro atoms. The Morgan fingerprint density at radius 3 is 2.67 bits per heavy atom. The highest BCUT2D eigenvalue weighted by molar-refractivity contribution is 5.97. The van der Waals surface area contributed by atoms with Gasteiger partial charge in [-0.25, -0.2) is 0 Å². The quantitative estimate of drug-likeness (QED) is 0.666. The molecule has 1 heteroatoms. The van der Waals surface area contributed by atoms with Crippen LogP contribution in [0.15, 0.2) is 18.2 Å². The van der Waals surface area contributed by atoms with Crippen LogP contribution in [0.3, 0.4) is 0 Å². The number of carbonyl (C=O) groups excluding carboxylic acids is 1. The topological polar surface area (TPSA) is 17.1 Å². The van der Waals surface area contributed by atoms with Gasteiger partial charge in [0, 0.05) is 11.5 Å². The van der Waals surface area contributed by atoms with Gasteiger partial charge in [0.2, 0.25) is 0 Å². The number of fused-ring (bicyclic) bond motifs is 1. The maximum Gasteiger partial charge on any atom is 0.165 e. The molecule has 0 saturated carbocycles. The molecule has 1 aliphatic carbocycles. The van der Waals surface area contributed by atoms with Gasteiger partial charge in [0.1, 0.15) is 0 Å².